The summed E-state index contributed by atoms with van der Waals surface area (Å²) in [6, 6.07) is 5.97. The van der Waals surface area contributed by atoms with Crippen molar-refractivity contribution in [3.05, 3.63) is 24.4 Å². The fraction of sp³-hybridized carbons (Fsp3) is 0.545. The number of nitrogens with zero attached hydrogens (tertiary/aromatic N) is 1. The average Bonchev–Trinajstić information content (AvgIpc) is 2.31. The zero-order valence-electron chi connectivity index (χ0n) is 8.69. The van der Waals surface area contributed by atoms with Crippen LogP contribution in [0, 0.1) is 0 Å². The van der Waals surface area contributed by atoms with Gasteiger partial charge in [-0.05, 0) is 31.5 Å². The first-order valence-corrected chi connectivity index (χ1v) is 6.71. The number of piperidine rings is 1. The Kier molecular flexibility index (Phi) is 3.86. The summed E-state index contributed by atoms with van der Waals surface area (Å²) in [5.74, 6) is 0.691. The van der Waals surface area contributed by atoms with Crippen LogP contribution in [0.3, 0.4) is 0 Å². The van der Waals surface area contributed by atoms with E-state index in [1.165, 1.54) is 12.8 Å². The van der Waals surface area contributed by atoms with Crippen LogP contribution in [0.15, 0.2) is 29.4 Å². The van der Waals surface area contributed by atoms with Crippen molar-refractivity contribution in [1.29, 1.82) is 0 Å². The molecule has 1 aliphatic rings. The minimum absolute atomic E-state index is 0.404. The third-order valence-corrected chi connectivity index (χ3v) is 4.05. The maximum Gasteiger partial charge on any atom is 0.127 e. The normalized spacial score (nSPS) is 23.6. The number of hydrogen-bond donors (Lipinski definition) is 1. The first-order valence-electron chi connectivity index (χ1n) is 5.39. The minimum Gasteiger partial charge on any atom is -0.313 e. The van der Waals surface area contributed by atoms with Gasteiger partial charge in [-0.15, -0.1) is 0 Å². The van der Waals surface area contributed by atoms with Gasteiger partial charge in [-0.25, -0.2) is 4.98 Å². The van der Waals surface area contributed by atoms with E-state index >= 15 is 0 Å². The summed E-state index contributed by atoms with van der Waals surface area (Å²) in [5, 5.41) is 4.10. The van der Waals surface area contributed by atoms with E-state index in [1.807, 2.05) is 18.2 Å². The van der Waals surface area contributed by atoms with E-state index in [2.05, 4.69) is 10.3 Å². The molecule has 2 heterocycles. The van der Waals surface area contributed by atoms with Crippen LogP contribution >= 0.6 is 0 Å². The molecule has 1 saturated heterocycles. The molecule has 1 fully saturated rings. The fourth-order valence-electron chi connectivity index (χ4n) is 1.82. The summed E-state index contributed by atoms with van der Waals surface area (Å²) in [7, 11) is -0.955. The van der Waals surface area contributed by atoms with Gasteiger partial charge in [-0.2, -0.15) is 0 Å². The lowest BCUT2D eigenvalue weighted by molar-refractivity contribution is 0.427. The maximum absolute atomic E-state index is 11.9. The van der Waals surface area contributed by atoms with Crippen LogP contribution in [0.4, 0.5) is 0 Å². The molecule has 0 saturated carbocycles. The first-order chi connectivity index (χ1) is 7.36. The highest BCUT2D eigenvalue weighted by atomic mass is 32.2. The van der Waals surface area contributed by atoms with Crippen LogP contribution in [-0.4, -0.2) is 27.5 Å². The van der Waals surface area contributed by atoms with Gasteiger partial charge >= 0.3 is 0 Å². The molecular weight excluding hydrogens is 208 g/mol. The molecule has 82 valence electrons. The highest BCUT2D eigenvalue weighted by Crippen LogP contribution is 2.10. The lowest BCUT2D eigenvalue weighted by Gasteiger charge is -2.22. The second-order valence-corrected chi connectivity index (χ2v) is 5.27. The van der Waals surface area contributed by atoms with Gasteiger partial charge in [0.25, 0.3) is 0 Å². The van der Waals surface area contributed by atoms with Gasteiger partial charge in [-0.1, -0.05) is 12.5 Å². The second-order valence-electron chi connectivity index (χ2n) is 3.83. The molecule has 2 atom stereocenters. The topological polar surface area (TPSA) is 42.0 Å². The van der Waals surface area contributed by atoms with Crippen molar-refractivity contribution in [2.45, 2.75) is 30.3 Å². The smallest absolute Gasteiger partial charge is 0.127 e. The van der Waals surface area contributed by atoms with E-state index in [0.29, 0.717) is 16.8 Å². The molecule has 1 aromatic heterocycles. The van der Waals surface area contributed by atoms with E-state index in [4.69, 9.17) is 0 Å². The standard InChI is InChI=1S/C11H16N2OS/c14-15(11-6-2-4-8-13-11)9-10-5-1-3-7-12-10/h2,4,6,8,10,12H,1,3,5,7,9H2/t10-,15+/m1/s1. The third-order valence-electron chi connectivity index (χ3n) is 2.64. The van der Waals surface area contributed by atoms with Crippen LogP contribution < -0.4 is 5.32 Å². The summed E-state index contributed by atoms with van der Waals surface area (Å²) in [6.07, 6.45) is 5.32. The fourth-order valence-corrected chi connectivity index (χ4v) is 3.05. The highest BCUT2D eigenvalue weighted by Gasteiger charge is 2.16. The van der Waals surface area contributed by atoms with Gasteiger partial charge in [0.15, 0.2) is 0 Å². The van der Waals surface area contributed by atoms with E-state index in [0.717, 1.165) is 13.0 Å². The molecule has 0 aliphatic carbocycles. The Bertz CT molecular complexity index is 323. The van der Waals surface area contributed by atoms with Crippen LogP contribution in [0.25, 0.3) is 0 Å². The summed E-state index contributed by atoms with van der Waals surface area (Å²) in [5.41, 5.74) is 0. The molecule has 0 spiro atoms. The van der Waals surface area contributed by atoms with Crippen LogP contribution in [0.1, 0.15) is 19.3 Å². The second kappa shape index (κ2) is 5.37. The Morgan fingerprint density at radius 1 is 1.47 bits per heavy atom. The molecule has 2 rings (SSSR count). The molecule has 0 radical (unpaired) electrons. The zero-order valence-corrected chi connectivity index (χ0v) is 9.50. The van der Waals surface area contributed by atoms with Gasteiger partial charge < -0.3 is 5.32 Å². The Balaban J connectivity index is 1.91. The molecule has 3 nitrogen and oxygen atoms in total. The molecule has 0 amide bonds. The minimum atomic E-state index is -0.955. The molecule has 1 N–H and O–H groups in total. The number of nitrogens with one attached hydrogen (secondary N) is 1. The van der Waals surface area contributed by atoms with Crippen LogP contribution in [0.2, 0.25) is 0 Å². The lowest BCUT2D eigenvalue weighted by atomic mass is 10.1. The molecule has 0 unspecified atom stereocenters. The van der Waals surface area contributed by atoms with E-state index < -0.39 is 10.8 Å². The van der Waals surface area contributed by atoms with Gasteiger partial charge in [0.05, 0.1) is 10.8 Å². The van der Waals surface area contributed by atoms with Crippen molar-refractivity contribution in [3.8, 4) is 0 Å². The Morgan fingerprint density at radius 2 is 2.40 bits per heavy atom. The first kappa shape index (κ1) is 10.8. The van der Waals surface area contributed by atoms with E-state index in [9.17, 15) is 4.21 Å². The SMILES string of the molecule is O=[S@@](C[C@H]1CCCCN1)c1ccccn1. The van der Waals surface area contributed by atoms with Crippen molar-refractivity contribution >= 4 is 10.8 Å². The van der Waals surface area contributed by atoms with Crippen LogP contribution in [-0.2, 0) is 10.8 Å². The Labute approximate surface area is 92.8 Å². The Hall–Kier alpha value is -0.740. The van der Waals surface area contributed by atoms with Gasteiger partial charge in [0.1, 0.15) is 5.03 Å². The number of aromatic nitrogens is 1. The molecule has 15 heavy (non-hydrogen) atoms. The van der Waals surface area contributed by atoms with Gasteiger partial charge in [-0.3, -0.25) is 4.21 Å². The van der Waals surface area contributed by atoms with E-state index in [-0.39, 0.29) is 0 Å². The van der Waals surface area contributed by atoms with E-state index in [1.54, 1.807) is 6.20 Å². The average molecular weight is 224 g/mol. The summed E-state index contributed by atoms with van der Waals surface area (Å²) in [6.45, 7) is 1.06. The number of hydrogen-bond acceptors (Lipinski definition) is 3. The molecule has 0 aromatic carbocycles. The number of rotatable bonds is 3. The van der Waals surface area contributed by atoms with Crippen molar-refractivity contribution in [1.82, 2.24) is 10.3 Å². The zero-order chi connectivity index (χ0) is 10.5. The maximum atomic E-state index is 11.9. The van der Waals surface area contributed by atoms with Crippen molar-refractivity contribution < 1.29 is 4.21 Å². The Morgan fingerprint density at radius 3 is 3.07 bits per heavy atom. The monoisotopic (exact) mass is 224 g/mol. The molecule has 1 aromatic rings. The predicted octanol–water partition coefficient (Wildman–Crippen LogP) is 1.33. The highest BCUT2D eigenvalue weighted by molar-refractivity contribution is 7.85. The van der Waals surface area contributed by atoms with Crippen molar-refractivity contribution in [2.24, 2.45) is 0 Å². The molecule has 4 heteroatoms. The summed E-state index contributed by atoms with van der Waals surface area (Å²) in [4.78, 5) is 4.12. The lowest BCUT2D eigenvalue weighted by Crippen LogP contribution is -2.38. The molecule has 1 aliphatic heterocycles. The molecule has 0 bridgehead atoms. The van der Waals surface area contributed by atoms with Gasteiger partial charge in [0, 0.05) is 18.0 Å². The summed E-state index contributed by atoms with van der Waals surface area (Å²) < 4.78 is 11.9. The third kappa shape index (κ3) is 3.11. The van der Waals surface area contributed by atoms with Gasteiger partial charge in [0.2, 0.25) is 0 Å². The quantitative estimate of drug-likeness (QED) is 0.842. The summed E-state index contributed by atoms with van der Waals surface area (Å²) >= 11 is 0. The van der Waals surface area contributed by atoms with Crippen molar-refractivity contribution in [3.63, 3.8) is 0 Å². The van der Waals surface area contributed by atoms with Crippen LogP contribution in [0.5, 0.6) is 0 Å². The number of pyridine rings is 1. The largest absolute Gasteiger partial charge is 0.313 e. The predicted molar refractivity (Wildman–Crippen MR) is 61.2 cm³/mol. The molecular formula is C11H16N2OS. The van der Waals surface area contributed by atoms with Crippen molar-refractivity contribution in [2.75, 3.05) is 12.3 Å².